The Kier molecular flexibility index (Phi) is 3.73. The van der Waals surface area contributed by atoms with Crippen LogP contribution in [0.3, 0.4) is 0 Å². The van der Waals surface area contributed by atoms with Gasteiger partial charge in [-0.2, -0.15) is 0 Å². The summed E-state index contributed by atoms with van der Waals surface area (Å²) in [6.45, 7) is 5.96. The minimum absolute atomic E-state index is 0.111. The molecular weight excluding hydrogens is 272 g/mol. The average molecular weight is 292 g/mol. The van der Waals surface area contributed by atoms with Crippen molar-refractivity contribution in [3.63, 3.8) is 0 Å². The quantitative estimate of drug-likeness (QED) is 0.800. The lowest BCUT2D eigenvalue weighted by Gasteiger charge is -2.23. The van der Waals surface area contributed by atoms with E-state index in [4.69, 9.17) is 18.9 Å². The Hall–Kier alpha value is -1.43. The Morgan fingerprint density at radius 2 is 1.95 bits per heavy atom. The summed E-state index contributed by atoms with van der Waals surface area (Å²) in [6, 6.07) is 8.92. The zero-order chi connectivity index (χ0) is 15.0. The molecule has 2 saturated heterocycles. The number of carbonyl (C=O) groups excluding carboxylic acids is 1. The van der Waals surface area contributed by atoms with Crippen LogP contribution in [0.4, 0.5) is 0 Å². The van der Waals surface area contributed by atoms with Gasteiger partial charge in [0.1, 0.15) is 18.8 Å². The Balaban J connectivity index is 1.55. The second-order valence-electron chi connectivity index (χ2n) is 5.97. The van der Waals surface area contributed by atoms with E-state index in [-0.39, 0.29) is 37.0 Å². The van der Waals surface area contributed by atoms with Gasteiger partial charge in [-0.05, 0) is 26.0 Å². The first-order valence-electron chi connectivity index (χ1n) is 7.19. The van der Waals surface area contributed by atoms with Gasteiger partial charge in [0.15, 0.2) is 12.1 Å². The lowest BCUT2D eigenvalue weighted by atomic mass is 10.0. The third-order valence-electron chi connectivity index (χ3n) is 3.89. The van der Waals surface area contributed by atoms with Crippen molar-refractivity contribution >= 4 is 5.97 Å². The fourth-order valence-electron chi connectivity index (χ4n) is 2.73. The van der Waals surface area contributed by atoms with Crippen LogP contribution in [0.2, 0.25) is 0 Å². The topological polar surface area (TPSA) is 54.0 Å². The summed E-state index contributed by atoms with van der Waals surface area (Å²) in [5.41, 5.74) is 0.539. The molecule has 0 bridgehead atoms. The van der Waals surface area contributed by atoms with E-state index in [1.807, 2.05) is 26.8 Å². The van der Waals surface area contributed by atoms with Crippen molar-refractivity contribution in [2.75, 3.05) is 6.61 Å². The Labute approximate surface area is 124 Å². The zero-order valence-electron chi connectivity index (χ0n) is 12.4. The van der Waals surface area contributed by atoms with Gasteiger partial charge in [0.2, 0.25) is 0 Å². The van der Waals surface area contributed by atoms with E-state index in [1.165, 1.54) is 0 Å². The van der Waals surface area contributed by atoms with Crippen LogP contribution in [0.5, 0.6) is 0 Å². The van der Waals surface area contributed by atoms with Gasteiger partial charge in [-0.3, -0.25) is 0 Å². The standard InChI is InChI=1S/C16H20O5/c1-10-12(19-15-13(10)20-16(2,3)21-15)9-18-14(17)11-7-5-4-6-8-11/h4-8,10,12-13,15H,9H2,1-3H3/t10-,12-,13-,15-/m1/s1. The van der Waals surface area contributed by atoms with E-state index in [1.54, 1.807) is 24.3 Å². The van der Waals surface area contributed by atoms with Crippen molar-refractivity contribution in [1.29, 1.82) is 0 Å². The molecule has 5 heteroatoms. The molecule has 1 aromatic rings. The predicted molar refractivity (Wildman–Crippen MR) is 74.6 cm³/mol. The molecule has 2 aliphatic heterocycles. The molecule has 0 aliphatic carbocycles. The number of benzene rings is 1. The van der Waals surface area contributed by atoms with Crippen LogP contribution in [0.25, 0.3) is 0 Å². The van der Waals surface area contributed by atoms with Crippen LogP contribution < -0.4 is 0 Å². The first kappa shape index (κ1) is 14.5. The van der Waals surface area contributed by atoms with E-state index >= 15 is 0 Å². The van der Waals surface area contributed by atoms with Gasteiger partial charge in [0.05, 0.1) is 5.56 Å². The molecule has 114 valence electrons. The van der Waals surface area contributed by atoms with Gasteiger partial charge >= 0.3 is 5.97 Å². The number of rotatable bonds is 3. The second-order valence-corrected chi connectivity index (χ2v) is 5.97. The maximum Gasteiger partial charge on any atom is 0.338 e. The molecule has 0 amide bonds. The molecule has 2 aliphatic rings. The summed E-state index contributed by atoms with van der Waals surface area (Å²) in [6.07, 6.45) is -0.695. The third-order valence-corrected chi connectivity index (χ3v) is 3.89. The lowest BCUT2D eigenvalue weighted by Crippen LogP contribution is -2.31. The molecule has 2 fully saturated rings. The maximum atomic E-state index is 11.9. The number of hydrogen-bond donors (Lipinski definition) is 0. The van der Waals surface area contributed by atoms with Crippen LogP contribution in [0.15, 0.2) is 30.3 Å². The smallest absolute Gasteiger partial charge is 0.338 e. The van der Waals surface area contributed by atoms with Crippen LogP contribution in [0, 0.1) is 5.92 Å². The second kappa shape index (κ2) is 5.40. The van der Waals surface area contributed by atoms with Gasteiger partial charge in [0, 0.05) is 5.92 Å². The number of hydrogen-bond acceptors (Lipinski definition) is 5. The first-order valence-corrected chi connectivity index (χ1v) is 7.19. The van der Waals surface area contributed by atoms with Crippen molar-refractivity contribution in [3.8, 4) is 0 Å². The third kappa shape index (κ3) is 2.95. The SMILES string of the molecule is C[C@H]1[C@H]2OC(C)(C)O[C@H]2O[C@@H]1COC(=O)c1ccccc1. The van der Waals surface area contributed by atoms with E-state index < -0.39 is 5.79 Å². The van der Waals surface area contributed by atoms with Crippen LogP contribution in [-0.2, 0) is 18.9 Å². The molecule has 2 heterocycles. The van der Waals surface area contributed by atoms with E-state index in [9.17, 15) is 4.79 Å². The van der Waals surface area contributed by atoms with Crippen molar-refractivity contribution < 1.29 is 23.7 Å². The van der Waals surface area contributed by atoms with Gasteiger partial charge < -0.3 is 18.9 Å². The average Bonchev–Trinajstić information content (AvgIpc) is 2.91. The molecule has 1 aromatic carbocycles. The molecule has 0 N–H and O–H groups in total. The predicted octanol–water partition coefficient (Wildman–Crippen LogP) is 2.36. The summed E-state index contributed by atoms with van der Waals surface area (Å²) < 4.78 is 22.6. The van der Waals surface area contributed by atoms with Crippen LogP contribution in [-0.4, -0.2) is 36.9 Å². The molecule has 0 saturated carbocycles. The summed E-state index contributed by atoms with van der Waals surface area (Å²) in [5, 5.41) is 0. The molecule has 0 radical (unpaired) electrons. The van der Waals surface area contributed by atoms with Gasteiger partial charge in [-0.25, -0.2) is 4.79 Å². The minimum atomic E-state index is -0.616. The maximum absolute atomic E-state index is 11.9. The van der Waals surface area contributed by atoms with Crippen molar-refractivity contribution in [3.05, 3.63) is 35.9 Å². The summed E-state index contributed by atoms with van der Waals surface area (Å²) >= 11 is 0. The first-order chi connectivity index (χ1) is 9.96. The van der Waals surface area contributed by atoms with Gasteiger partial charge in [-0.1, -0.05) is 25.1 Å². The Bertz CT molecular complexity index is 513. The van der Waals surface area contributed by atoms with E-state index in [0.29, 0.717) is 5.56 Å². The van der Waals surface area contributed by atoms with Gasteiger partial charge in [-0.15, -0.1) is 0 Å². The zero-order valence-corrected chi connectivity index (χ0v) is 12.4. The molecule has 0 aromatic heterocycles. The Morgan fingerprint density at radius 1 is 1.24 bits per heavy atom. The highest BCUT2D eigenvalue weighted by Gasteiger charge is 2.53. The molecule has 0 unspecified atom stereocenters. The normalized spacial score (nSPS) is 33.7. The molecule has 3 rings (SSSR count). The van der Waals surface area contributed by atoms with Crippen molar-refractivity contribution in [2.24, 2.45) is 5.92 Å². The van der Waals surface area contributed by atoms with E-state index in [2.05, 4.69) is 0 Å². The van der Waals surface area contributed by atoms with Crippen LogP contribution in [0.1, 0.15) is 31.1 Å². The van der Waals surface area contributed by atoms with Crippen molar-refractivity contribution in [1.82, 2.24) is 0 Å². The number of fused-ring (bicyclic) bond motifs is 1. The summed E-state index contributed by atoms with van der Waals surface area (Å²) in [4.78, 5) is 11.9. The monoisotopic (exact) mass is 292 g/mol. The summed E-state index contributed by atoms with van der Waals surface area (Å²) in [5.74, 6) is -0.846. The van der Waals surface area contributed by atoms with Crippen LogP contribution >= 0.6 is 0 Å². The molecule has 21 heavy (non-hydrogen) atoms. The highest BCUT2D eigenvalue weighted by molar-refractivity contribution is 5.89. The minimum Gasteiger partial charge on any atom is -0.459 e. The fourth-order valence-corrected chi connectivity index (χ4v) is 2.73. The van der Waals surface area contributed by atoms with Gasteiger partial charge in [0.25, 0.3) is 0 Å². The fraction of sp³-hybridized carbons (Fsp3) is 0.562. The highest BCUT2D eigenvalue weighted by atomic mass is 16.8. The lowest BCUT2D eigenvalue weighted by molar-refractivity contribution is -0.212. The van der Waals surface area contributed by atoms with E-state index in [0.717, 1.165) is 0 Å². The van der Waals surface area contributed by atoms with Crippen molar-refractivity contribution in [2.45, 2.75) is 45.1 Å². The molecule has 0 spiro atoms. The Morgan fingerprint density at radius 3 is 2.62 bits per heavy atom. The largest absolute Gasteiger partial charge is 0.459 e. The molecular formula is C16H20O5. The molecule has 5 nitrogen and oxygen atoms in total. The number of ether oxygens (including phenoxy) is 4. The number of esters is 1. The summed E-state index contributed by atoms with van der Waals surface area (Å²) in [7, 11) is 0. The highest BCUT2D eigenvalue weighted by Crippen LogP contribution is 2.40. The molecule has 4 atom stereocenters. The number of carbonyl (C=O) groups is 1.